The van der Waals surface area contributed by atoms with E-state index in [-0.39, 0.29) is 6.01 Å². The Morgan fingerprint density at radius 3 is 2.93 bits per heavy atom. The summed E-state index contributed by atoms with van der Waals surface area (Å²) in [7, 11) is 0. The van der Waals surface area contributed by atoms with Gasteiger partial charge in [0.25, 0.3) is 5.89 Å². The molecule has 1 aliphatic carbocycles. The number of nitrogens with one attached hydrogen (secondary N) is 1. The van der Waals surface area contributed by atoms with Gasteiger partial charge in [-0.25, -0.2) is 9.50 Å². The second-order valence-corrected chi connectivity index (χ2v) is 7.47. The second kappa shape index (κ2) is 6.10. The molecule has 0 spiro atoms. The van der Waals surface area contributed by atoms with Crippen molar-refractivity contribution in [1.82, 2.24) is 29.8 Å². The van der Waals surface area contributed by atoms with Crippen LogP contribution in [-0.2, 0) is 6.42 Å². The first-order valence-corrected chi connectivity index (χ1v) is 9.57. The molecule has 148 valence electrons. The standard InChI is InChI=1S/C19H17F2N7O/c20-17(21)18-24-25-19(29-18)27-7-5-12-15(23-9-22-12)16(27)13-8-14-11(10-3-4-10)2-1-6-28(14)26-13/h1-2,6,8-10,16-17H,3-5,7H2,(H,22,23)/t16-/m0/s1. The number of imidazole rings is 1. The number of aromatic amines is 1. The smallest absolute Gasteiger partial charge is 0.319 e. The highest BCUT2D eigenvalue weighted by Gasteiger charge is 2.37. The number of rotatable bonds is 4. The molecule has 4 aromatic rings. The van der Waals surface area contributed by atoms with Gasteiger partial charge >= 0.3 is 12.4 Å². The summed E-state index contributed by atoms with van der Waals surface area (Å²) < 4.78 is 33.1. The number of hydrogen-bond donors (Lipinski definition) is 1. The highest BCUT2D eigenvalue weighted by atomic mass is 19.3. The van der Waals surface area contributed by atoms with Crippen molar-refractivity contribution in [3.63, 3.8) is 0 Å². The van der Waals surface area contributed by atoms with E-state index < -0.39 is 18.4 Å². The number of fused-ring (bicyclic) bond motifs is 2. The molecule has 0 radical (unpaired) electrons. The lowest BCUT2D eigenvalue weighted by Gasteiger charge is -2.32. The molecule has 0 bridgehead atoms. The van der Waals surface area contributed by atoms with Crippen molar-refractivity contribution < 1.29 is 13.2 Å². The average Bonchev–Trinajstić information content (AvgIpc) is 3.12. The van der Waals surface area contributed by atoms with Crippen LogP contribution in [0.1, 0.15) is 59.8 Å². The van der Waals surface area contributed by atoms with E-state index in [1.165, 1.54) is 18.4 Å². The van der Waals surface area contributed by atoms with Crippen molar-refractivity contribution >= 4 is 11.5 Å². The van der Waals surface area contributed by atoms with Gasteiger partial charge in [0.05, 0.1) is 23.2 Å². The fraction of sp³-hybridized carbons (Fsp3) is 0.368. The Morgan fingerprint density at radius 2 is 2.14 bits per heavy atom. The molecule has 2 aliphatic rings. The zero-order chi connectivity index (χ0) is 19.5. The van der Waals surface area contributed by atoms with Gasteiger partial charge in [-0.05, 0) is 36.5 Å². The minimum absolute atomic E-state index is 0.0541. The molecule has 4 aromatic heterocycles. The molecule has 5 heterocycles. The molecule has 1 saturated carbocycles. The summed E-state index contributed by atoms with van der Waals surface area (Å²) in [4.78, 5) is 9.46. The Labute approximate surface area is 163 Å². The Kier molecular flexibility index (Phi) is 3.50. The third kappa shape index (κ3) is 2.62. The SMILES string of the molecule is FC(F)c1nnc(N2CCc3[nH]cnc3[C@@H]2c2cc3c(C4CC4)cccn3n2)o1. The van der Waals surface area contributed by atoms with Crippen molar-refractivity contribution in [2.24, 2.45) is 0 Å². The second-order valence-electron chi connectivity index (χ2n) is 7.47. The van der Waals surface area contributed by atoms with Crippen LogP contribution in [0.4, 0.5) is 14.8 Å². The van der Waals surface area contributed by atoms with Gasteiger partial charge in [-0.2, -0.15) is 13.9 Å². The molecule has 0 amide bonds. The molecule has 6 rings (SSSR count). The molecule has 0 unspecified atom stereocenters. The van der Waals surface area contributed by atoms with Crippen LogP contribution in [0.25, 0.3) is 5.52 Å². The first-order valence-electron chi connectivity index (χ1n) is 9.57. The molecule has 1 N–H and O–H groups in total. The van der Waals surface area contributed by atoms with Crippen LogP contribution in [0.3, 0.4) is 0 Å². The number of anilines is 1. The highest BCUT2D eigenvalue weighted by molar-refractivity contribution is 5.59. The van der Waals surface area contributed by atoms with Crippen molar-refractivity contribution in [3.8, 4) is 0 Å². The van der Waals surface area contributed by atoms with E-state index >= 15 is 0 Å². The summed E-state index contributed by atoms with van der Waals surface area (Å²) in [6.45, 7) is 0.522. The molecule has 1 atom stereocenters. The number of halogens is 2. The monoisotopic (exact) mass is 397 g/mol. The maximum atomic E-state index is 13.0. The lowest BCUT2D eigenvalue weighted by atomic mass is 10.00. The maximum absolute atomic E-state index is 13.0. The average molecular weight is 397 g/mol. The van der Waals surface area contributed by atoms with Crippen molar-refractivity contribution in [3.05, 3.63) is 59.3 Å². The zero-order valence-electron chi connectivity index (χ0n) is 15.3. The van der Waals surface area contributed by atoms with E-state index in [2.05, 4.69) is 32.3 Å². The molecule has 1 fully saturated rings. The summed E-state index contributed by atoms with van der Waals surface area (Å²) in [6, 6.07) is 5.85. The van der Waals surface area contributed by atoms with E-state index in [1.807, 2.05) is 16.8 Å². The van der Waals surface area contributed by atoms with Crippen LogP contribution in [0.2, 0.25) is 0 Å². The fourth-order valence-corrected chi connectivity index (χ4v) is 4.14. The fourth-order valence-electron chi connectivity index (χ4n) is 4.14. The van der Waals surface area contributed by atoms with Gasteiger partial charge in [0.15, 0.2) is 0 Å². The van der Waals surface area contributed by atoms with E-state index in [0.29, 0.717) is 18.9 Å². The number of pyridine rings is 1. The summed E-state index contributed by atoms with van der Waals surface area (Å²) >= 11 is 0. The predicted molar refractivity (Wildman–Crippen MR) is 97.9 cm³/mol. The highest BCUT2D eigenvalue weighted by Crippen LogP contribution is 2.43. The van der Waals surface area contributed by atoms with Crippen LogP contribution in [0.5, 0.6) is 0 Å². The first kappa shape index (κ1) is 16.6. The lowest BCUT2D eigenvalue weighted by Crippen LogP contribution is -2.36. The molecule has 10 heteroatoms. The van der Waals surface area contributed by atoms with E-state index in [1.54, 1.807) is 11.2 Å². The zero-order valence-corrected chi connectivity index (χ0v) is 15.3. The Bertz CT molecular complexity index is 1190. The van der Waals surface area contributed by atoms with Crippen LogP contribution in [0.15, 0.2) is 35.1 Å². The van der Waals surface area contributed by atoms with Gasteiger partial charge in [0, 0.05) is 24.9 Å². The quantitative estimate of drug-likeness (QED) is 0.568. The molecule has 8 nitrogen and oxygen atoms in total. The lowest BCUT2D eigenvalue weighted by molar-refractivity contribution is 0.115. The maximum Gasteiger partial charge on any atom is 0.319 e. The van der Waals surface area contributed by atoms with Crippen molar-refractivity contribution in [1.29, 1.82) is 0 Å². The van der Waals surface area contributed by atoms with E-state index in [4.69, 9.17) is 9.52 Å². The Balaban J connectivity index is 1.48. The molecular weight excluding hydrogens is 380 g/mol. The molecule has 29 heavy (non-hydrogen) atoms. The third-order valence-corrected chi connectivity index (χ3v) is 5.64. The Hall–Kier alpha value is -3.30. The summed E-state index contributed by atoms with van der Waals surface area (Å²) in [5, 5.41) is 12.1. The molecule has 0 aromatic carbocycles. The summed E-state index contributed by atoms with van der Waals surface area (Å²) in [5.41, 5.74) is 4.91. The number of hydrogen-bond acceptors (Lipinski definition) is 6. The minimum atomic E-state index is -2.81. The minimum Gasteiger partial charge on any atom is -0.402 e. The van der Waals surface area contributed by atoms with Crippen LogP contribution in [-0.4, -0.2) is 36.3 Å². The predicted octanol–water partition coefficient (Wildman–Crippen LogP) is 3.41. The van der Waals surface area contributed by atoms with Gasteiger partial charge in [-0.15, -0.1) is 5.10 Å². The molecular formula is C19H17F2N7O. The summed E-state index contributed by atoms with van der Waals surface area (Å²) in [6.07, 6.45) is 3.81. The van der Waals surface area contributed by atoms with Crippen LogP contribution in [0, 0.1) is 0 Å². The van der Waals surface area contributed by atoms with Crippen LogP contribution < -0.4 is 4.90 Å². The topological polar surface area (TPSA) is 88.1 Å². The van der Waals surface area contributed by atoms with Crippen molar-refractivity contribution in [2.75, 3.05) is 11.4 Å². The van der Waals surface area contributed by atoms with Gasteiger partial charge in [-0.1, -0.05) is 11.2 Å². The van der Waals surface area contributed by atoms with Gasteiger partial charge in [0.2, 0.25) is 0 Å². The number of nitrogens with zero attached hydrogens (tertiary/aromatic N) is 6. The van der Waals surface area contributed by atoms with Gasteiger partial charge in [-0.3, -0.25) is 0 Å². The first-order chi connectivity index (χ1) is 14.2. The summed E-state index contributed by atoms with van der Waals surface area (Å²) in [5.74, 6) is -0.103. The van der Waals surface area contributed by atoms with E-state index in [9.17, 15) is 8.78 Å². The van der Waals surface area contributed by atoms with Crippen LogP contribution >= 0.6 is 0 Å². The molecule has 0 saturated heterocycles. The van der Waals surface area contributed by atoms with Crippen molar-refractivity contribution in [2.45, 2.75) is 37.6 Å². The number of alkyl halides is 2. The third-order valence-electron chi connectivity index (χ3n) is 5.64. The van der Waals surface area contributed by atoms with Gasteiger partial charge < -0.3 is 14.3 Å². The Morgan fingerprint density at radius 1 is 1.24 bits per heavy atom. The van der Waals surface area contributed by atoms with E-state index in [0.717, 1.165) is 22.6 Å². The molecule has 1 aliphatic heterocycles. The number of aromatic nitrogens is 6. The largest absolute Gasteiger partial charge is 0.402 e. The van der Waals surface area contributed by atoms with Gasteiger partial charge in [0.1, 0.15) is 6.04 Å². The number of H-pyrrole nitrogens is 1. The normalized spacial score (nSPS) is 19.3.